The number of aliphatic carboxylic acids is 1. The monoisotopic (exact) mass is 259 g/mol. The van der Waals surface area contributed by atoms with Gasteiger partial charge in [-0.25, -0.2) is 9.59 Å². The van der Waals surface area contributed by atoms with Crippen LogP contribution in [0, 0.1) is 0 Å². The predicted octanol–water partition coefficient (Wildman–Crippen LogP) is -0.831. The molecule has 3 N–H and O–H groups in total. The molecule has 7 heteroatoms. The Balaban J connectivity index is 2.25. The molecule has 1 atom stereocenters. The van der Waals surface area contributed by atoms with E-state index in [1.165, 1.54) is 0 Å². The summed E-state index contributed by atoms with van der Waals surface area (Å²) in [4.78, 5) is 26.0. The SMILES string of the molecule is CN1CCCN(C(=O)NCC[C@H](O)C(=O)O)CC1. The van der Waals surface area contributed by atoms with Crippen molar-refractivity contribution in [2.24, 2.45) is 0 Å². The van der Waals surface area contributed by atoms with Gasteiger partial charge in [0.05, 0.1) is 0 Å². The van der Waals surface area contributed by atoms with Gasteiger partial charge in [0.1, 0.15) is 0 Å². The third kappa shape index (κ3) is 4.89. The summed E-state index contributed by atoms with van der Waals surface area (Å²) in [6, 6.07) is -0.192. The molecular formula is C11H21N3O4. The first-order valence-electron chi connectivity index (χ1n) is 6.13. The predicted molar refractivity (Wildman–Crippen MR) is 65.3 cm³/mol. The number of amides is 2. The Morgan fingerprint density at radius 2 is 2.00 bits per heavy atom. The van der Waals surface area contributed by atoms with Crippen LogP contribution in [0.3, 0.4) is 0 Å². The van der Waals surface area contributed by atoms with Crippen LogP contribution in [0.15, 0.2) is 0 Å². The molecule has 1 aliphatic heterocycles. The average molecular weight is 259 g/mol. The molecule has 1 rings (SSSR count). The number of aliphatic hydroxyl groups excluding tert-OH is 1. The van der Waals surface area contributed by atoms with Crippen molar-refractivity contribution >= 4 is 12.0 Å². The second-order valence-corrected chi connectivity index (χ2v) is 4.52. The van der Waals surface area contributed by atoms with Crippen LogP contribution >= 0.6 is 0 Å². The highest BCUT2D eigenvalue weighted by Crippen LogP contribution is 2.01. The number of hydrogen-bond donors (Lipinski definition) is 3. The summed E-state index contributed by atoms with van der Waals surface area (Å²) in [5, 5.41) is 20.2. The van der Waals surface area contributed by atoms with Crippen molar-refractivity contribution < 1.29 is 19.8 Å². The lowest BCUT2D eigenvalue weighted by Crippen LogP contribution is -2.43. The molecule has 0 bridgehead atoms. The molecule has 1 heterocycles. The molecule has 1 fully saturated rings. The number of aliphatic hydroxyl groups is 1. The topological polar surface area (TPSA) is 93.1 Å². The quantitative estimate of drug-likeness (QED) is 0.612. The Labute approximate surface area is 106 Å². The summed E-state index contributed by atoms with van der Waals surface area (Å²) in [5.74, 6) is -1.26. The van der Waals surface area contributed by atoms with Gasteiger partial charge in [0.25, 0.3) is 0 Å². The van der Waals surface area contributed by atoms with Crippen molar-refractivity contribution in [2.75, 3.05) is 39.8 Å². The third-order valence-electron chi connectivity index (χ3n) is 2.99. The van der Waals surface area contributed by atoms with Gasteiger partial charge in [-0.3, -0.25) is 0 Å². The highest BCUT2D eigenvalue weighted by Gasteiger charge is 2.18. The number of carbonyl (C=O) groups is 2. The molecule has 0 spiro atoms. The van der Waals surface area contributed by atoms with Gasteiger partial charge in [0, 0.05) is 32.6 Å². The van der Waals surface area contributed by atoms with E-state index in [1.54, 1.807) is 4.90 Å². The van der Waals surface area contributed by atoms with Crippen LogP contribution in [0.2, 0.25) is 0 Å². The maximum atomic E-state index is 11.8. The van der Waals surface area contributed by atoms with Crippen molar-refractivity contribution in [3.8, 4) is 0 Å². The molecule has 0 aromatic rings. The molecule has 0 aliphatic carbocycles. The summed E-state index contributed by atoms with van der Waals surface area (Å²) >= 11 is 0. The highest BCUT2D eigenvalue weighted by atomic mass is 16.4. The third-order valence-corrected chi connectivity index (χ3v) is 2.99. The number of nitrogens with zero attached hydrogens (tertiary/aromatic N) is 2. The fourth-order valence-corrected chi connectivity index (χ4v) is 1.80. The molecule has 2 amide bonds. The standard InChI is InChI=1S/C11H21N3O4/c1-13-5-2-6-14(8-7-13)11(18)12-4-3-9(15)10(16)17/h9,15H,2-8H2,1H3,(H,12,18)(H,16,17)/t9-/m0/s1. The minimum atomic E-state index is -1.42. The first kappa shape index (κ1) is 14.7. The minimum Gasteiger partial charge on any atom is -0.479 e. The number of nitrogens with one attached hydrogen (secondary N) is 1. The fourth-order valence-electron chi connectivity index (χ4n) is 1.80. The van der Waals surface area contributed by atoms with E-state index in [9.17, 15) is 9.59 Å². The molecule has 0 aromatic carbocycles. The molecule has 0 aromatic heterocycles. The maximum Gasteiger partial charge on any atom is 0.332 e. The van der Waals surface area contributed by atoms with E-state index in [0.29, 0.717) is 13.1 Å². The first-order valence-corrected chi connectivity index (χ1v) is 6.13. The van der Waals surface area contributed by atoms with E-state index in [0.717, 1.165) is 19.5 Å². The van der Waals surface area contributed by atoms with Gasteiger partial charge in [-0.15, -0.1) is 0 Å². The number of carboxylic acid groups (broad SMARTS) is 1. The average Bonchev–Trinajstić information content (AvgIpc) is 2.53. The van der Waals surface area contributed by atoms with Gasteiger partial charge < -0.3 is 25.3 Å². The van der Waals surface area contributed by atoms with Crippen LogP contribution in [-0.2, 0) is 4.79 Å². The molecule has 0 radical (unpaired) electrons. The van der Waals surface area contributed by atoms with Gasteiger partial charge in [0.2, 0.25) is 0 Å². The van der Waals surface area contributed by atoms with E-state index < -0.39 is 12.1 Å². The fraction of sp³-hybridized carbons (Fsp3) is 0.818. The number of urea groups is 1. The lowest BCUT2D eigenvalue weighted by molar-refractivity contribution is -0.146. The largest absolute Gasteiger partial charge is 0.479 e. The Morgan fingerprint density at radius 3 is 2.67 bits per heavy atom. The summed E-state index contributed by atoms with van der Waals surface area (Å²) in [6.07, 6.45) is -0.461. The van der Waals surface area contributed by atoms with E-state index in [4.69, 9.17) is 10.2 Å². The number of likely N-dealkylation sites (N-methyl/N-ethyl adjacent to an activating group) is 1. The van der Waals surface area contributed by atoms with Gasteiger partial charge >= 0.3 is 12.0 Å². The van der Waals surface area contributed by atoms with Crippen LogP contribution in [0.1, 0.15) is 12.8 Å². The van der Waals surface area contributed by atoms with Crippen molar-refractivity contribution in [3.63, 3.8) is 0 Å². The molecule has 7 nitrogen and oxygen atoms in total. The van der Waals surface area contributed by atoms with Gasteiger partial charge in [-0.05, 0) is 20.0 Å². The molecule has 0 saturated carbocycles. The summed E-state index contributed by atoms with van der Waals surface area (Å²) < 4.78 is 0. The Morgan fingerprint density at radius 1 is 1.28 bits per heavy atom. The number of hydrogen-bond acceptors (Lipinski definition) is 4. The van der Waals surface area contributed by atoms with Crippen LogP contribution in [0.5, 0.6) is 0 Å². The lowest BCUT2D eigenvalue weighted by Gasteiger charge is -2.21. The second-order valence-electron chi connectivity index (χ2n) is 4.52. The molecule has 1 aliphatic rings. The summed E-state index contributed by atoms with van der Waals surface area (Å²) in [7, 11) is 2.02. The summed E-state index contributed by atoms with van der Waals surface area (Å²) in [5.41, 5.74) is 0. The number of rotatable bonds is 4. The van der Waals surface area contributed by atoms with E-state index in [1.807, 2.05) is 7.05 Å². The zero-order chi connectivity index (χ0) is 13.5. The van der Waals surface area contributed by atoms with E-state index in [-0.39, 0.29) is 19.0 Å². The van der Waals surface area contributed by atoms with Crippen molar-refractivity contribution in [3.05, 3.63) is 0 Å². The van der Waals surface area contributed by atoms with Crippen molar-refractivity contribution in [1.82, 2.24) is 15.1 Å². The van der Waals surface area contributed by atoms with E-state index >= 15 is 0 Å². The van der Waals surface area contributed by atoms with Crippen molar-refractivity contribution in [2.45, 2.75) is 18.9 Å². The van der Waals surface area contributed by atoms with Crippen LogP contribution < -0.4 is 5.32 Å². The number of carboxylic acids is 1. The zero-order valence-electron chi connectivity index (χ0n) is 10.6. The molecule has 1 saturated heterocycles. The van der Waals surface area contributed by atoms with Gasteiger partial charge in [0.15, 0.2) is 6.10 Å². The van der Waals surface area contributed by atoms with Gasteiger partial charge in [-0.2, -0.15) is 0 Å². The Bertz CT molecular complexity index is 298. The maximum absolute atomic E-state index is 11.8. The van der Waals surface area contributed by atoms with Crippen LogP contribution in [-0.4, -0.2) is 77.9 Å². The molecule has 104 valence electrons. The van der Waals surface area contributed by atoms with Crippen LogP contribution in [0.4, 0.5) is 4.79 Å². The summed E-state index contributed by atoms with van der Waals surface area (Å²) in [6.45, 7) is 3.35. The van der Waals surface area contributed by atoms with E-state index in [2.05, 4.69) is 10.2 Å². The first-order chi connectivity index (χ1) is 8.50. The van der Waals surface area contributed by atoms with Gasteiger partial charge in [-0.1, -0.05) is 0 Å². The molecule has 18 heavy (non-hydrogen) atoms. The van der Waals surface area contributed by atoms with Crippen molar-refractivity contribution in [1.29, 1.82) is 0 Å². The van der Waals surface area contributed by atoms with Crippen LogP contribution in [0.25, 0.3) is 0 Å². The molecular weight excluding hydrogens is 238 g/mol. The molecule has 0 unspecified atom stereocenters. The highest BCUT2D eigenvalue weighted by molar-refractivity contribution is 5.74. The normalized spacial score (nSPS) is 19.1. The lowest BCUT2D eigenvalue weighted by atomic mass is 10.2. The smallest absolute Gasteiger partial charge is 0.332 e. The zero-order valence-corrected chi connectivity index (χ0v) is 10.6. The Hall–Kier alpha value is -1.34. The Kier molecular flexibility index (Phi) is 5.87. The second kappa shape index (κ2) is 7.17. The minimum absolute atomic E-state index is 0.0226. The number of carbonyl (C=O) groups excluding carboxylic acids is 1.